The summed E-state index contributed by atoms with van der Waals surface area (Å²) in [6.45, 7) is 12.9. The molecule has 1 aromatic carbocycles. The first-order chi connectivity index (χ1) is 19.0. The van der Waals surface area contributed by atoms with Crippen molar-refractivity contribution in [2.45, 2.75) is 69.2 Å². The molecule has 0 radical (unpaired) electrons. The fourth-order valence-electron chi connectivity index (χ4n) is 7.04. The molecule has 0 bridgehead atoms. The molecule has 8 nitrogen and oxygen atoms in total. The third-order valence-electron chi connectivity index (χ3n) is 8.92. The lowest BCUT2D eigenvalue weighted by Crippen LogP contribution is -2.58. The van der Waals surface area contributed by atoms with Crippen LogP contribution in [-0.4, -0.2) is 86.6 Å². The summed E-state index contributed by atoms with van der Waals surface area (Å²) < 4.78 is 3.97. The second-order valence-electron chi connectivity index (χ2n) is 12.0. The van der Waals surface area contributed by atoms with E-state index >= 15 is 0 Å². The number of likely N-dealkylation sites (tertiary alicyclic amines) is 1. The van der Waals surface area contributed by atoms with E-state index in [0.717, 1.165) is 11.4 Å². The molecule has 1 aromatic rings. The van der Waals surface area contributed by atoms with Gasteiger partial charge in [-0.1, -0.05) is 38.2 Å². The summed E-state index contributed by atoms with van der Waals surface area (Å²) in [5, 5.41) is 10.4. The first-order valence-corrected chi connectivity index (χ1v) is 15.2. The molecular formula is C31H41N3O5S. The van der Waals surface area contributed by atoms with Crippen LogP contribution in [0.5, 0.6) is 5.75 Å². The van der Waals surface area contributed by atoms with E-state index in [-0.39, 0.29) is 36.3 Å². The average Bonchev–Trinajstić information content (AvgIpc) is 3.16. The van der Waals surface area contributed by atoms with Crippen molar-refractivity contribution in [3.05, 3.63) is 48.6 Å². The molecule has 9 heteroatoms. The minimum Gasteiger partial charge on any atom is -0.494 e. The molecule has 4 aliphatic rings. The van der Waals surface area contributed by atoms with Gasteiger partial charge < -0.3 is 24.5 Å². The van der Waals surface area contributed by atoms with Gasteiger partial charge in [0.15, 0.2) is 0 Å². The number of benzene rings is 1. The summed E-state index contributed by atoms with van der Waals surface area (Å²) >= 11 is 1.57. The van der Waals surface area contributed by atoms with Gasteiger partial charge in [0, 0.05) is 29.6 Å². The van der Waals surface area contributed by atoms with Crippen LogP contribution in [0.2, 0.25) is 0 Å². The van der Waals surface area contributed by atoms with Crippen LogP contribution >= 0.6 is 11.8 Å². The quantitative estimate of drug-likeness (QED) is 0.508. The summed E-state index contributed by atoms with van der Waals surface area (Å²) in [4.78, 5) is 48.6. The van der Waals surface area contributed by atoms with Gasteiger partial charge in [0.25, 0.3) is 0 Å². The maximum Gasteiger partial charge on any atom is 0.247 e. The normalized spacial score (nSPS) is 32.4. The largest absolute Gasteiger partial charge is 0.494 e. The maximum atomic E-state index is 14.6. The Bertz CT molecular complexity index is 1230. The highest BCUT2D eigenvalue weighted by atomic mass is 32.2. The number of fused-ring (bicyclic) bond motifs is 2. The highest BCUT2D eigenvalue weighted by Gasteiger charge is 2.74. The Morgan fingerprint density at radius 1 is 0.975 bits per heavy atom. The van der Waals surface area contributed by atoms with E-state index < -0.39 is 33.4 Å². The number of hydrogen-bond donors (Lipinski definition) is 1. The van der Waals surface area contributed by atoms with Crippen molar-refractivity contribution < 1.29 is 24.2 Å². The van der Waals surface area contributed by atoms with Crippen molar-refractivity contribution in [1.29, 1.82) is 0 Å². The van der Waals surface area contributed by atoms with Crippen LogP contribution in [0, 0.1) is 17.8 Å². The molecule has 1 N–H and O–H groups in total. The fourth-order valence-corrected chi connectivity index (χ4v) is 9.19. The van der Waals surface area contributed by atoms with Crippen LogP contribution in [0.15, 0.2) is 48.6 Å². The number of carbonyl (C=O) groups is 3. The topological polar surface area (TPSA) is 90.4 Å². The minimum absolute atomic E-state index is 0.0564. The molecule has 1 spiro atoms. The molecule has 0 aromatic heterocycles. The smallest absolute Gasteiger partial charge is 0.247 e. The van der Waals surface area contributed by atoms with E-state index in [9.17, 15) is 19.5 Å². The van der Waals surface area contributed by atoms with Gasteiger partial charge in [0.1, 0.15) is 11.8 Å². The Balaban J connectivity index is 1.63. The van der Waals surface area contributed by atoms with Crippen LogP contribution in [-0.2, 0) is 14.4 Å². The second kappa shape index (κ2) is 10.6. The molecule has 4 aliphatic heterocycles. The zero-order valence-electron chi connectivity index (χ0n) is 24.2. The van der Waals surface area contributed by atoms with Crippen molar-refractivity contribution >= 4 is 35.2 Å². The van der Waals surface area contributed by atoms with Crippen molar-refractivity contribution in [2.75, 3.05) is 31.2 Å². The first kappa shape index (κ1) is 28.7. The van der Waals surface area contributed by atoms with Crippen molar-refractivity contribution in [3.8, 4) is 5.75 Å². The Morgan fingerprint density at radius 3 is 2.25 bits per heavy atom. The molecule has 3 amide bonds. The van der Waals surface area contributed by atoms with E-state index in [4.69, 9.17) is 4.74 Å². The summed E-state index contributed by atoms with van der Waals surface area (Å²) in [6.07, 6.45) is 8.09. The number of rotatable bonds is 7. The summed E-state index contributed by atoms with van der Waals surface area (Å²) in [5.41, 5.74) is 0.737. The number of aliphatic hydroxyl groups is 1. The number of amides is 3. The minimum atomic E-state index is -0.929. The SMILES string of the molecule is CCOc1ccc(N2CC=C[C@]3(C)S[C@]45C=CCN(C(C)C)C(=O)C4N([C@@H](CO)C(C)C)C(=O)[C@@H]5[C@@H]3C2=O)cc1. The predicted molar refractivity (Wildman–Crippen MR) is 157 cm³/mol. The number of aliphatic hydroxyl groups excluding tert-OH is 1. The van der Waals surface area contributed by atoms with E-state index in [1.54, 1.807) is 26.5 Å². The number of nitrogens with zero attached hydrogens (tertiary/aromatic N) is 3. The van der Waals surface area contributed by atoms with Gasteiger partial charge in [0.05, 0.1) is 35.8 Å². The zero-order valence-corrected chi connectivity index (χ0v) is 25.1. The molecule has 1 unspecified atom stereocenters. The van der Waals surface area contributed by atoms with Crippen molar-refractivity contribution in [2.24, 2.45) is 17.8 Å². The van der Waals surface area contributed by atoms with E-state index in [1.165, 1.54) is 0 Å². The molecular weight excluding hydrogens is 526 g/mol. The van der Waals surface area contributed by atoms with Gasteiger partial charge in [-0.25, -0.2) is 0 Å². The standard InChI is InChI=1S/C31H41N3O5S/c1-7-39-22-12-10-21(11-13-22)33-17-8-14-30(6)24(27(33)36)25-28(37)34(23(18-35)19(2)3)26-29(38)32(20(4)5)16-9-15-31(25,26)40-30/h8-15,19-20,23-26,35H,7,16-18H2,1-6H3/t23-,24+,25-,26?,30-,31-/m0/s1. The van der Waals surface area contributed by atoms with Gasteiger partial charge in [-0.2, -0.15) is 0 Å². The fraction of sp³-hybridized carbons (Fsp3) is 0.581. The maximum absolute atomic E-state index is 14.6. The number of carbonyl (C=O) groups excluding carboxylic acids is 3. The van der Waals surface area contributed by atoms with Gasteiger partial charge >= 0.3 is 0 Å². The Hall–Kier alpha value is -2.78. The molecule has 2 fully saturated rings. The van der Waals surface area contributed by atoms with Crippen LogP contribution in [0.3, 0.4) is 0 Å². The number of thioether (sulfide) groups is 1. The van der Waals surface area contributed by atoms with Gasteiger partial charge in [-0.05, 0) is 57.9 Å². The molecule has 4 heterocycles. The summed E-state index contributed by atoms with van der Waals surface area (Å²) in [7, 11) is 0. The number of anilines is 1. The predicted octanol–water partition coefficient (Wildman–Crippen LogP) is 3.50. The lowest BCUT2D eigenvalue weighted by molar-refractivity contribution is -0.147. The molecule has 0 saturated carbocycles. The lowest BCUT2D eigenvalue weighted by atomic mass is 9.74. The van der Waals surface area contributed by atoms with E-state index in [1.807, 2.05) is 84.0 Å². The van der Waals surface area contributed by atoms with Crippen LogP contribution in [0.4, 0.5) is 5.69 Å². The Morgan fingerprint density at radius 2 is 1.65 bits per heavy atom. The van der Waals surface area contributed by atoms with Gasteiger partial charge in [-0.3, -0.25) is 14.4 Å². The van der Waals surface area contributed by atoms with Crippen molar-refractivity contribution in [1.82, 2.24) is 9.80 Å². The second-order valence-corrected chi connectivity index (χ2v) is 13.8. The van der Waals surface area contributed by atoms with E-state index in [0.29, 0.717) is 19.7 Å². The molecule has 2 saturated heterocycles. The Kier molecular flexibility index (Phi) is 7.59. The van der Waals surface area contributed by atoms with Crippen LogP contribution in [0.25, 0.3) is 0 Å². The molecule has 5 rings (SSSR count). The molecule has 40 heavy (non-hydrogen) atoms. The van der Waals surface area contributed by atoms with Gasteiger partial charge in [-0.15, -0.1) is 11.8 Å². The highest BCUT2D eigenvalue weighted by molar-refractivity contribution is 8.02. The monoisotopic (exact) mass is 567 g/mol. The highest BCUT2D eigenvalue weighted by Crippen LogP contribution is 2.66. The third kappa shape index (κ3) is 4.28. The average molecular weight is 568 g/mol. The number of hydrogen-bond acceptors (Lipinski definition) is 6. The molecule has 0 aliphatic carbocycles. The van der Waals surface area contributed by atoms with E-state index in [2.05, 4.69) is 6.08 Å². The lowest BCUT2D eigenvalue weighted by Gasteiger charge is -2.41. The first-order valence-electron chi connectivity index (χ1n) is 14.3. The number of ether oxygens (including phenoxy) is 1. The third-order valence-corrected chi connectivity index (χ3v) is 10.7. The molecule has 6 atom stereocenters. The van der Waals surface area contributed by atoms with Crippen LogP contribution in [0.1, 0.15) is 41.5 Å². The Labute approximate surface area is 241 Å². The summed E-state index contributed by atoms with van der Waals surface area (Å²) in [5.74, 6) is -1.24. The zero-order chi connectivity index (χ0) is 29.0. The summed E-state index contributed by atoms with van der Waals surface area (Å²) in [6, 6.07) is 6.06. The van der Waals surface area contributed by atoms with Gasteiger partial charge in [0.2, 0.25) is 17.7 Å². The van der Waals surface area contributed by atoms with Crippen molar-refractivity contribution in [3.63, 3.8) is 0 Å². The molecule has 216 valence electrons. The van der Waals surface area contributed by atoms with Crippen LogP contribution < -0.4 is 9.64 Å².